The lowest BCUT2D eigenvalue weighted by atomic mass is 10.1. The number of halogens is 3. The van der Waals surface area contributed by atoms with Crippen LogP contribution in [0.3, 0.4) is 0 Å². The summed E-state index contributed by atoms with van der Waals surface area (Å²) in [5, 5.41) is 0. The van der Waals surface area contributed by atoms with Gasteiger partial charge in [-0.1, -0.05) is 0 Å². The Morgan fingerprint density at radius 2 is 2.31 bits per heavy atom. The van der Waals surface area contributed by atoms with Crippen molar-refractivity contribution in [1.82, 2.24) is 0 Å². The zero-order chi connectivity index (χ0) is 11.5. The van der Waals surface area contributed by atoms with Gasteiger partial charge in [0.05, 0.1) is 12.9 Å². The third-order valence-electron chi connectivity index (χ3n) is 1.79. The first-order valence-corrected chi connectivity index (χ1v) is 4.34. The first-order chi connectivity index (χ1) is 7.00. The third-order valence-corrected chi connectivity index (χ3v) is 1.79. The van der Waals surface area contributed by atoms with Crippen molar-refractivity contribution < 1.29 is 22.7 Å². The zero-order valence-electron chi connectivity index (χ0n) is 8.48. The predicted octanol–water partition coefficient (Wildman–Crippen LogP) is 1.90. The van der Waals surface area contributed by atoms with Crippen LogP contribution < -0.4 is 5.73 Å². The summed E-state index contributed by atoms with van der Waals surface area (Å²) in [6.45, 7) is 1.31. The minimum Gasteiger partial charge on any atom is -0.467 e. The molecule has 1 aromatic heterocycles. The third kappa shape index (κ3) is 2.93. The highest BCUT2D eigenvalue weighted by Crippen LogP contribution is 2.30. The Labute approximate surface area is 97.1 Å². The fourth-order valence-electron chi connectivity index (χ4n) is 1.00. The summed E-state index contributed by atoms with van der Waals surface area (Å²) >= 11 is 0. The van der Waals surface area contributed by atoms with Gasteiger partial charge in [0.25, 0.3) is 0 Å². The van der Waals surface area contributed by atoms with E-state index in [2.05, 4.69) is 4.74 Å². The van der Waals surface area contributed by atoms with E-state index in [0.29, 0.717) is 0 Å². The Balaban J connectivity index is 0.00000225. The second kappa shape index (κ2) is 5.81. The van der Waals surface area contributed by atoms with E-state index in [1.165, 1.54) is 25.3 Å². The fraction of sp³-hybridized carbons (Fsp3) is 0.444. The maximum atomic E-state index is 13.3. The van der Waals surface area contributed by atoms with E-state index in [0.717, 1.165) is 0 Å². The average molecular weight is 256 g/mol. The standard InChI is InChI=1S/C9H11F2NO3.ClH/c1-2-14-8(13)9(10,11)7(12)6-4-3-5-15-6;/h3-5,7H,2,12H2,1H3;1H/t7-;/m0./s1. The summed E-state index contributed by atoms with van der Waals surface area (Å²) in [5.41, 5.74) is 5.20. The lowest BCUT2D eigenvalue weighted by molar-refractivity contribution is -0.175. The van der Waals surface area contributed by atoms with E-state index < -0.39 is 17.9 Å². The van der Waals surface area contributed by atoms with Crippen LogP contribution in [0.1, 0.15) is 18.7 Å². The highest BCUT2D eigenvalue weighted by atomic mass is 35.5. The fourth-order valence-corrected chi connectivity index (χ4v) is 1.00. The van der Waals surface area contributed by atoms with Crippen LogP contribution in [0, 0.1) is 0 Å². The van der Waals surface area contributed by atoms with Gasteiger partial charge in [-0.3, -0.25) is 0 Å². The smallest absolute Gasteiger partial charge is 0.379 e. The van der Waals surface area contributed by atoms with Crippen molar-refractivity contribution in [2.45, 2.75) is 18.9 Å². The summed E-state index contributed by atoms with van der Waals surface area (Å²) in [6.07, 6.45) is 1.20. The first kappa shape index (κ1) is 14.9. The molecule has 0 aliphatic rings. The Bertz CT molecular complexity index is 330. The van der Waals surface area contributed by atoms with Gasteiger partial charge in [0.15, 0.2) is 0 Å². The molecule has 0 saturated heterocycles. The molecule has 7 heteroatoms. The monoisotopic (exact) mass is 255 g/mol. The van der Waals surface area contributed by atoms with E-state index in [4.69, 9.17) is 10.2 Å². The predicted molar refractivity (Wildman–Crippen MR) is 54.5 cm³/mol. The molecule has 1 rings (SSSR count). The van der Waals surface area contributed by atoms with E-state index in [-0.39, 0.29) is 24.8 Å². The highest BCUT2D eigenvalue weighted by Gasteiger charge is 2.49. The van der Waals surface area contributed by atoms with Crippen molar-refractivity contribution in [3.63, 3.8) is 0 Å². The van der Waals surface area contributed by atoms with Gasteiger partial charge in [0.2, 0.25) is 0 Å². The maximum Gasteiger partial charge on any atom is 0.379 e. The highest BCUT2D eigenvalue weighted by molar-refractivity contribution is 5.85. The van der Waals surface area contributed by atoms with E-state index in [9.17, 15) is 13.6 Å². The molecule has 0 spiro atoms. The van der Waals surface area contributed by atoms with Crippen LogP contribution in [0.4, 0.5) is 8.78 Å². The number of alkyl halides is 2. The molecule has 0 bridgehead atoms. The molecule has 0 aromatic carbocycles. The van der Waals surface area contributed by atoms with Crippen LogP contribution in [0.25, 0.3) is 0 Å². The molecular formula is C9H12ClF2NO3. The van der Waals surface area contributed by atoms with Crippen molar-refractivity contribution in [3.05, 3.63) is 24.2 Å². The van der Waals surface area contributed by atoms with Gasteiger partial charge in [0.1, 0.15) is 11.8 Å². The van der Waals surface area contributed by atoms with Crippen molar-refractivity contribution in [2.75, 3.05) is 6.61 Å². The summed E-state index contributed by atoms with van der Waals surface area (Å²) in [7, 11) is 0. The number of esters is 1. The summed E-state index contributed by atoms with van der Waals surface area (Å²) in [4.78, 5) is 10.9. The number of nitrogens with two attached hydrogens (primary N) is 1. The van der Waals surface area contributed by atoms with Gasteiger partial charge in [-0.25, -0.2) is 4.79 Å². The molecule has 0 radical (unpaired) electrons. The number of hydrogen-bond acceptors (Lipinski definition) is 4. The zero-order valence-corrected chi connectivity index (χ0v) is 9.30. The molecule has 1 heterocycles. The summed E-state index contributed by atoms with van der Waals surface area (Å²) in [6, 6.07) is 0.861. The summed E-state index contributed by atoms with van der Waals surface area (Å²) < 4.78 is 35.5. The lowest BCUT2D eigenvalue weighted by Gasteiger charge is -2.19. The van der Waals surface area contributed by atoms with Gasteiger partial charge >= 0.3 is 11.9 Å². The minimum atomic E-state index is -3.78. The van der Waals surface area contributed by atoms with Gasteiger partial charge in [-0.15, -0.1) is 12.4 Å². The quantitative estimate of drug-likeness (QED) is 0.835. The molecule has 4 nitrogen and oxygen atoms in total. The van der Waals surface area contributed by atoms with E-state index in [1.807, 2.05) is 0 Å². The number of carbonyl (C=O) groups is 1. The Morgan fingerprint density at radius 3 is 2.75 bits per heavy atom. The Kier molecular flexibility index (Phi) is 5.40. The molecule has 0 amide bonds. The molecule has 0 unspecified atom stereocenters. The normalized spacial score (nSPS) is 12.8. The van der Waals surface area contributed by atoms with Crippen molar-refractivity contribution in [3.8, 4) is 0 Å². The first-order valence-electron chi connectivity index (χ1n) is 4.34. The molecule has 0 aliphatic carbocycles. The average Bonchev–Trinajstić information content (AvgIpc) is 2.69. The van der Waals surface area contributed by atoms with Crippen LogP contribution >= 0.6 is 12.4 Å². The molecule has 2 N–H and O–H groups in total. The molecule has 1 atom stereocenters. The maximum absolute atomic E-state index is 13.3. The topological polar surface area (TPSA) is 65.5 Å². The number of ether oxygens (including phenoxy) is 1. The Hall–Kier alpha value is -1.14. The second-order valence-corrected chi connectivity index (χ2v) is 2.84. The van der Waals surface area contributed by atoms with Crippen LogP contribution in [-0.2, 0) is 9.53 Å². The lowest BCUT2D eigenvalue weighted by Crippen LogP contribution is -2.41. The van der Waals surface area contributed by atoms with Crippen LogP contribution in [0.5, 0.6) is 0 Å². The molecule has 1 aromatic rings. The number of rotatable bonds is 4. The molecule has 0 saturated carbocycles. The van der Waals surface area contributed by atoms with Crippen LogP contribution in [-0.4, -0.2) is 18.5 Å². The molecule has 92 valence electrons. The van der Waals surface area contributed by atoms with Crippen LogP contribution in [0.15, 0.2) is 22.8 Å². The Morgan fingerprint density at radius 1 is 1.69 bits per heavy atom. The van der Waals surface area contributed by atoms with Crippen molar-refractivity contribution >= 4 is 18.4 Å². The van der Waals surface area contributed by atoms with Crippen molar-refractivity contribution in [2.24, 2.45) is 5.73 Å². The van der Waals surface area contributed by atoms with E-state index >= 15 is 0 Å². The van der Waals surface area contributed by atoms with Crippen LogP contribution in [0.2, 0.25) is 0 Å². The van der Waals surface area contributed by atoms with Crippen molar-refractivity contribution in [1.29, 1.82) is 0 Å². The molecule has 16 heavy (non-hydrogen) atoms. The largest absolute Gasteiger partial charge is 0.467 e. The van der Waals surface area contributed by atoms with Gasteiger partial charge in [-0.2, -0.15) is 8.78 Å². The summed E-state index contributed by atoms with van der Waals surface area (Å²) in [5.74, 6) is -5.59. The second-order valence-electron chi connectivity index (χ2n) is 2.84. The van der Waals surface area contributed by atoms with E-state index in [1.54, 1.807) is 0 Å². The molecule has 0 aliphatic heterocycles. The SMILES string of the molecule is CCOC(=O)C(F)(F)[C@@H](N)c1ccco1.Cl. The molecular weight excluding hydrogens is 244 g/mol. The van der Waals surface area contributed by atoms with Gasteiger partial charge < -0.3 is 14.9 Å². The number of hydrogen-bond donors (Lipinski definition) is 1. The number of furan rings is 1. The van der Waals surface area contributed by atoms with Gasteiger partial charge in [-0.05, 0) is 19.1 Å². The minimum absolute atomic E-state index is 0. The molecule has 0 fully saturated rings. The van der Waals surface area contributed by atoms with Gasteiger partial charge in [0, 0.05) is 0 Å². The number of carbonyl (C=O) groups excluding carboxylic acids is 1.